The summed E-state index contributed by atoms with van der Waals surface area (Å²) in [7, 11) is 0. The number of Topliss-reactive ketones (excluding diaryl/α,β-unsaturated/α-hetero) is 1. The van der Waals surface area contributed by atoms with Crippen LogP contribution in [-0.4, -0.2) is 36.0 Å². The van der Waals surface area contributed by atoms with Gasteiger partial charge in [0, 0.05) is 25.9 Å². The van der Waals surface area contributed by atoms with Crippen molar-refractivity contribution < 1.29 is 14.3 Å². The molecule has 0 aromatic rings. The van der Waals surface area contributed by atoms with E-state index in [0.717, 1.165) is 0 Å². The highest BCUT2D eigenvalue weighted by Crippen LogP contribution is 2.35. The Hall–Kier alpha value is -1.06. The van der Waals surface area contributed by atoms with E-state index in [2.05, 4.69) is 0 Å². The molecule has 15 heavy (non-hydrogen) atoms. The molecule has 0 aromatic heterocycles. The summed E-state index contributed by atoms with van der Waals surface area (Å²) in [6.45, 7) is 5.08. The van der Waals surface area contributed by atoms with E-state index in [1.807, 2.05) is 13.8 Å². The Morgan fingerprint density at radius 1 is 1.33 bits per heavy atom. The van der Waals surface area contributed by atoms with Gasteiger partial charge in [0.25, 0.3) is 0 Å². The van der Waals surface area contributed by atoms with Gasteiger partial charge < -0.3 is 9.64 Å². The first kappa shape index (κ1) is 10.5. The van der Waals surface area contributed by atoms with Crippen LogP contribution in [0.5, 0.6) is 0 Å². The minimum atomic E-state index is -0.230. The molecule has 1 saturated heterocycles. The summed E-state index contributed by atoms with van der Waals surface area (Å²) < 4.78 is 5.13. The van der Waals surface area contributed by atoms with Gasteiger partial charge in [0.15, 0.2) is 0 Å². The fourth-order valence-electron chi connectivity index (χ4n) is 2.49. The van der Waals surface area contributed by atoms with Crippen molar-refractivity contribution in [1.29, 1.82) is 0 Å². The van der Waals surface area contributed by atoms with Crippen molar-refractivity contribution in [2.75, 3.05) is 13.1 Å². The van der Waals surface area contributed by atoms with E-state index in [1.165, 1.54) is 0 Å². The van der Waals surface area contributed by atoms with E-state index < -0.39 is 0 Å². The number of nitrogens with zero attached hydrogens (tertiary/aromatic N) is 1. The number of ether oxygens (including phenoxy) is 1. The standard InChI is InChI=1S/C11H17NO3/c1-7(2)15-11(14)12-5-8-3-10(13)4-9(8)6-12/h7-9H,3-6H2,1-2H3. The zero-order valence-electron chi connectivity index (χ0n) is 9.23. The molecular weight excluding hydrogens is 194 g/mol. The van der Waals surface area contributed by atoms with Crippen LogP contribution in [0.15, 0.2) is 0 Å². The van der Waals surface area contributed by atoms with Crippen molar-refractivity contribution in [3.63, 3.8) is 0 Å². The largest absolute Gasteiger partial charge is 0.447 e. The van der Waals surface area contributed by atoms with E-state index in [4.69, 9.17) is 4.74 Å². The van der Waals surface area contributed by atoms with Gasteiger partial charge in [-0.15, -0.1) is 0 Å². The maximum Gasteiger partial charge on any atom is 0.410 e. The minimum Gasteiger partial charge on any atom is -0.447 e. The molecule has 2 atom stereocenters. The summed E-state index contributed by atoms with van der Waals surface area (Å²) in [4.78, 5) is 24.5. The number of hydrogen-bond acceptors (Lipinski definition) is 3. The molecule has 2 fully saturated rings. The molecule has 4 heteroatoms. The van der Waals surface area contributed by atoms with Crippen LogP contribution in [0.4, 0.5) is 4.79 Å². The SMILES string of the molecule is CC(C)OC(=O)N1CC2CC(=O)CC2C1. The fourth-order valence-corrected chi connectivity index (χ4v) is 2.49. The molecule has 0 aromatic carbocycles. The summed E-state index contributed by atoms with van der Waals surface area (Å²) in [6, 6.07) is 0. The van der Waals surface area contributed by atoms with Crippen LogP contribution in [0.1, 0.15) is 26.7 Å². The highest BCUT2D eigenvalue weighted by atomic mass is 16.6. The molecule has 4 nitrogen and oxygen atoms in total. The Morgan fingerprint density at radius 3 is 2.33 bits per heavy atom. The molecule has 1 aliphatic carbocycles. The molecule has 2 rings (SSSR count). The summed E-state index contributed by atoms with van der Waals surface area (Å²) in [5.74, 6) is 1.12. The second-order valence-electron chi connectivity index (χ2n) is 4.80. The zero-order chi connectivity index (χ0) is 11.0. The lowest BCUT2D eigenvalue weighted by molar-refractivity contribution is -0.118. The third-order valence-electron chi connectivity index (χ3n) is 3.15. The van der Waals surface area contributed by atoms with Crippen molar-refractivity contribution in [1.82, 2.24) is 4.90 Å². The summed E-state index contributed by atoms with van der Waals surface area (Å²) >= 11 is 0. The van der Waals surface area contributed by atoms with Crippen LogP contribution in [-0.2, 0) is 9.53 Å². The van der Waals surface area contributed by atoms with Crippen LogP contribution in [0, 0.1) is 11.8 Å². The number of likely N-dealkylation sites (tertiary alicyclic amines) is 1. The normalized spacial score (nSPS) is 29.8. The lowest BCUT2D eigenvalue weighted by Gasteiger charge is -2.18. The van der Waals surface area contributed by atoms with E-state index in [9.17, 15) is 9.59 Å². The second kappa shape index (κ2) is 3.83. The molecule has 1 aliphatic heterocycles. The van der Waals surface area contributed by atoms with Crippen LogP contribution in [0.3, 0.4) is 0 Å². The average molecular weight is 211 g/mol. The number of amides is 1. The highest BCUT2D eigenvalue weighted by Gasteiger charge is 2.42. The lowest BCUT2D eigenvalue weighted by atomic mass is 10.0. The summed E-state index contributed by atoms with van der Waals surface area (Å²) in [5, 5.41) is 0. The minimum absolute atomic E-state index is 0.0698. The number of fused-ring (bicyclic) bond motifs is 1. The topological polar surface area (TPSA) is 46.6 Å². The first-order chi connectivity index (χ1) is 7.06. The van der Waals surface area contributed by atoms with Crippen LogP contribution in [0.25, 0.3) is 0 Å². The third kappa shape index (κ3) is 2.13. The van der Waals surface area contributed by atoms with Crippen molar-refractivity contribution in [2.45, 2.75) is 32.8 Å². The monoisotopic (exact) mass is 211 g/mol. The number of carbonyl (C=O) groups is 2. The average Bonchev–Trinajstić information content (AvgIpc) is 2.58. The number of rotatable bonds is 1. The highest BCUT2D eigenvalue weighted by molar-refractivity contribution is 5.82. The van der Waals surface area contributed by atoms with E-state index in [0.29, 0.717) is 43.6 Å². The van der Waals surface area contributed by atoms with E-state index in [1.54, 1.807) is 4.90 Å². The van der Waals surface area contributed by atoms with E-state index >= 15 is 0 Å². The Balaban J connectivity index is 1.89. The van der Waals surface area contributed by atoms with Crippen molar-refractivity contribution in [3.05, 3.63) is 0 Å². The Morgan fingerprint density at radius 2 is 1.87 bits per heavy atom. The molecule has 2 aliphatic rings. The van der Waals surface area contributed by atoms with Gasteiger partial charge in [0.05, 0.1) is 6.10 Å². The maximum atomic E-state index is 11.6. The van der Waals surface area contributed by atoms with Gasteiger partial charge in [0.1, 0.15) is 5.78 Å². The van der Waals surface area contributed by atoms with Gasteiger partial charge in [0.2, 0.25) is 0 Å². The maximum absolute atomic E-state index is 11.6. The fraction of sp³-hybridized carbons (Fsp3) is 0.818. The zero-order valence-corrected chi connectivity index (χ0v) is 9.23. The van der Waals surface area contributed by atoms with Crippen LogP contribution >= 0.6 is 0 Å². The van der Waals surface area contributed by atoms with Gasteiger partial charge in [-0.3, -0.25) is 4.79 Å². The molecular formula is C11H17NO3. The number of hydrogen-bond donors (Lipinski definition) is 0. The van der Waals surface area contributed by atoms with Crippen molar-refractivity contribution >= 4 is 11.9 Å². The summed E-state index contributed by atoms with van der Waals surface area (Å²) in [6.07, 6.45) is 0.998. The van der Waals surface area contributed by atoms with Gasteiger partial charge >= 0.3 is 6.09 Å². The first-order valence-electron chi connectivity index (χ1n) is 5.53. The predicted molar refractivity (Wildman–Crippen MR) is 54.4 cm³/mol. The van der Waals surface area contributed by atoms with Gasteiger partial charge in [-0.2, -0.15) is 0 Å². The van der Waals surface area contributed by atoms with E-state index in [-0.39, 0.29) is 12.2 Å². The number of ketones is 1. The molecule has 0 radical (unpaired) electrons. The van der Waals surface area contributed by atoms with Crippen molar-refractivity contribution in [2.24, 2.45) is 11.8 Å². The second-order valence-corrected chi connectivity index (χ2v) is 4.80. The van der Waals surface area contributed by atoms with Crippen LogP contribution in [0.2, 0.25) is 0 Å². The molecule has 84 valence electrons. The molecule has 0 bridgehead atoms. The predicted octanol–water partition coefficient (Wildman–Crippen LogP) is 1.44. The molecule has 0 N–H and O–H groups in total. The van der Waals surface area contributed by atoms with Gasteiger partial charge in [-0.1, -0.05) is 0 Å². The molecule has 1 amide bonds. The van der Waals surface area contributed by atoms with Gasteiger partial charge in [-0.25, -0.2) is 4.79 Å². The smallest absolute Gasteiger partial charge is 0.410 e. The Bertz CT molecular complexity index is 272. The molecule has 2 unspecified atom stereocenters. The Kier molecular flexibility index (Phi) is 2.67. The quantitative estimate of drug-likeness (QED) is 0.659. The first-order valence-corrected chi connectivity index (χ1v) is 5.53. The molecule has 1 saturated carbocycles. The van der Waals surface area contributed by atoms with Crippen LogP contribution < -0.4 is 0 Å². The van der Waals surface area contributed by atoms with Crippen molar-refractivity contribution in [3.8, 4) is 0 Å². The molecule has 0 spiro atoms. The summed E-state index contributed by atoms with van der Waals surface area (Å²) in [5.41, 5.74) is 0. The molecule has 1 heterocycles. The lowest BCUT2D eigenvalue weighted by Crippen LogP contribution is -2.32. The number of carbonyl (C=O) groups excluding carboxylic acids is 2. The Labute approximate surface area is 89.6 Å². The van der Waals surface area contributed by atoms with Gasteiger partial charge in [-0.05, 0) is 25.7 Å². The third-order valence-corrected chi connectivity index (χ3v) is 3.15.